The fourth-order valence-electron chi connectivity index (χ4n) is 3.51. The summed E-state index contributed by atoms with van der Waals surface area (Å²) in [6.07, 6.45) is 0.275. The van der Waals surface area contributed by atoms with Gasteiger partial charge in [-0.1, -0.05) is 42.5 Å². The molecule has 2 aliphatic rings. The summed E-state index contributed by atoms with van der Waals surface area (Å²) < 4.78 is 17.7. The molecule has 0 saturated carbocycles. The predicted molar refractivity (Wildman–Crippen MR) is 110 cm³/mol. The Bertz CT molecular complexity index is 835. The number of rotatable bonds is 4. The minimum atomic E-state index is -0.407. The summed E-state index contributed by atoms with van der Waals surface area (Å²) in [6.45, 7) is 8.69. The van der Waals surface area contributed by atoms with Crippen LogP contribution in [0.2, 0.25) is 0 Å². The smallest absolute Gasteiger partial charge is 0.444 e. The van der Waals surface area contributed by atoms with Gasteiger partial charge in [-0.3, -0.25) is 4.90 Å². The van der Waals surface area contributed by atoms with Crippen LogP contribution in [0.3, 0.4) is 0 Å². The Balaban J connectivity index is 1.44. The number of ether oxygens (including phenoxy) is 1. The summed E-state index contributed by atoms with van der Waals surface area (Å²) in [7, 11) is -0.407. The molecule has 2 fully saturated rings. The summed E-state index contributed by atoms with van der Waals surface area (Å²) in [4.78, 5) is 14.0. The fraction of sp³-hybridized carbons (Fsp3) is 0.409. The second-order valence-corrected chi connectivity index (χ2v) is 8.49. The van der Waals surface area contributed by atoms with Gasteiger partial charge in [0.15, 0.2) is 0 Å². The van der Waals surface area contributed by atoms with E-state index in [9.17, 15) is 4.79 Å². The second kappa shape index (κ2) is 6.94. The minimum absolute atomic E-state index is 0.141. The van der Waals surface area contributed by atoms with Gasteiger partial charge >= 0.3 is 13.2 Å². The van der Waals surface area contributed by atoms with Gasteiger partial charge in [0.2, 0.25) is 0 Å². The van der Waals surface area contributed by atoms with Gasteiger partial charge in [0.25, 0.3) is 0 Å². The number of carbonyl (C=O) groups excluding carboxylic acids is 1. The first kappa shape index (κ1) is 19.0. The Morgan fingerprint density at radius 3 is 2.18 bits per heavy atom. The molecule has 4 rings (SSSR count). The molecule has 2 saturated heterocycles. The Kier molecular flexibility index (Phi) is 4.72. The molecule has 6 heteroatoms. The van der Waals surface area contributed by atoms with Crippen LogP contribution < -0.4 is 10.4 Å². The number of amides is 1. The van der Waals surface area contributed by atoms with Crippen LogP contribution >= 0.6 is 0 Å². The third-order valence-electron chi connectivity index (χ3n) is 5.91. The molecule has 0 N–H and O–H groups in total. The highest BCUT2D eigenvalue weighted by Gasteiger charge is 2.51. The van der Waals surface area contributed by atoms with Gasteiger partial charge in [0.05, 0.1) is 17.7 Å². The fourth-order valence-corrected chi connectivity index (χ4v) is 3.51. The molecule has 146 valence electrons. The number of benzene rings is 2. The van der Waals surface area contributed by atoms with E-state index in [1.165, 1.54) is 5.56 Å². The van der Waals surface area contributed by atoms with Crippen LogP contribution in [0.5, 0.6) is 0 Å². The van der Waals surface area contributed by atoms with E-state index in [0.717, 1.165) is 17.6 Å². The minimum Gasteiger partial charge on any atom is -0.444 e. The quantitative estimate of drug-likeness (QED) is 0.763. The molecule has 1 amide bonds. The van der Waals surface area contributed by atoms with Gasteiger partial charge in [0.1, 0.15) is 6.10 Å². The van der Waals surface area contributed by atoms with Crippen molar-refractivity contribution in [2.75, 3.05) is 11.4 Å². The average molecular weight is 379 g/mol. The van der Waals surface area contributed by atoms with Gasteiger partial charge in [-0.15, -0.1) is 0 Å². The SMILES string of the molecule is CC1(C)OB(c2ccc(N3CC(Cc4ccccc4)OC3=O)cc2)OC1(C)C. The van der Waals surface area contributed by atoms with Crippen LogP contribution in [0.4, 0.5) is 10.5 Å². The predicted octanol–water partition coefficient (Wildman–Crippen LogP) is 3.55. The number of anilines is 1. The van der Waals surface area contributed by atoms with Crippen molar-refractivity contribution in [1.29, 1.82) is 0 Å². The summed E-state index contributed by atoms with van der Waals surface area (Å²) >= 11 is 0. The molecule has 2 aromatic rings. The molecule has 2 aliphatic heterocycles. The summed E-state index contributed by atoms with van der Waals surface area (Å²) in [5, 5.41) is 0. The molecule has 28 heavy (non-hydrogen) atoms. The molecule has 0 spiro atoms. The highest BCUT2D eigenvalue weighted by atomic mass is 16.7. The van der Waals surface area contributed by atoms with E-state index < -0.39 is 7.12 Å². The number of cyclic esters (lactones) is 1. The highest BCUT2D eigenvalue weighted by Crippen LogP contribution is 2.36. The van der Waals surface area contributed by atoms with Crippen molar-refractivity contribution in [2.45, 2.75) is 51.4 Å². The van der Waals surface area contributed by atoms with Crippen molar-refractivity contribution >= 4 is 24.4 Å². The number of carbonyl (C=O) groups is 1. The highest BCUT2D eigenvalue weighted by molar-refractivity contribution is 6.62. The first-order valence-electron chi connectivity index (χ1n) is 9.73. The van der Waals surface area contributed by atoms with Crippen molar-refractivity contribution in [2.24, 2.45) is 0 Å². The zero-order valence-corrected chi connectivity index (χ0v) is 16.8. The van der Waals surface area contributed by atoms with E-state index in [2.05, 4.69) is 12.1 Å². The van der Waals surface area contributed by atoms with E-state index in [1.54, 1.807) is 4.90 Å². The number of hydrogen-bond acceptors (Lipinski definition) is 4. The van der Waals surface area contributed by atoms with E-state index in [-0.39, 0.29) is 23.4 Å². The van der Waals surface area contributed by atoms with Crippen LogP contribution in [0.15, 0.2) is 54.6 Å². The lowest BCUT2D eigenvalue weighted by Crippen LogP contribution is -2.41. The van der Waals surface area contributed by atoms with E-state index in [1.807, 2.05) is 70.2 Å². The van der Waals surface area contributed by atoms with Crippen LogP contribution in [-0.2, 0) is 20.5 Å². The van der Waals surface area contributed by atoms with Crippen molar-refractivity contribution in [1.82, 2.24) is 0 Å². The standard InChI is InChI=1S/C22H26BNO4/c1-21(2)22(3,4)28-23(27-21)17-10-12-18(13-11-17)24-15-19(26-20(24)25)14-16-8-6-5-7-9-16/h5-13,19H,14-15H2,1-4H3. The lowest BCUT2D eigenvalue weighted by atomic mass is 9.79. The molecule has 2 heterocycles. The summed E-state index contributed by atoms with van der Waals surface area (Å²) in [5.74, 6) is 0. The molecular formula is C22H26BNO4. The maximum absolute atomic E-state index is 12.3. The molecule has 1 atom stereocenters. The number of hydrogen-bond donors (Lipinski definition) is 0. The van der Waals surface area contributed by atoms with Crippen LogP contribution in [-0.4, -0.2) is 37.1 Å². The first-order valence-corrected chi connectivity index (χ1v) is 9.73. The Morgan fingerprint density at radius 1 is 0.964 bits per heavy atom. The lowest BCUT2D eigenvalue weighted by Gasteiger charge is -2.32. The summed E-state index contributed by atoms with van der Waals surface area (Å²) in [5.41, 5.74) is 2.18. The molecule has 5 nitrogen and oxygen atoms in total. The largest absolute Gasteiger partial charge is 0.494 e. The maximum atomic E-state index is 12.3. The first-order chi connectivity index (χ1) is 13.2. The van der Waals surface area contributed by atoms with Crippen LogP contribution in [0.1, 0.15) is 33.3 Å². The van der Waals surface area contributed by atoms with Gasteiger partial charge in [-0.2, -0.15) is 0 Å². The molecule has 0 bridgehead atoms. The van der Waals surface area contributed by atoms with Crippen molar-refractivity contribution < 1.29 is 18.8 Å². The van der Waals surface area contributed by atoms with Gasteiger partial charge in [-0.25, -0.2) is 4.79 Å². The maximum Gasteiger partial charge on any atom is 0.494 e. The molecule has 0 aliphatic carbocycles. The molecular weight excluding hydrogens is 353 g/mol. The van der Waals surface area contributed by atoms with E-state index >= 15 is 0 Å². The van der Waals surface area contributed by atoms with Crippen molar-refractivity contribution in [3.63, 3.8) is 0 Å². The van der Waals surface area contributed by atoms with E-state index in [4.69, 9.17) is 14.0 Å². The Labute approximate surface area is 166 Å². The Morgan fingerprint density at radius 2 is 1.57 bits per heavy atom. The molecule has 1 unspecified atom stereocenters. The van der Waals surface area contributed by atoms with Gasteiger partial charge in [0, 0.05) is 12.1 Å². The molecule has 0 radical (unpaired) electrons. The Hall–Kier alpha value is -2.31. The molecule has 2 aromatic carbocycles. The van der Waals surface area contributed by atoms with Crippen molar-refractivity contribution in [3.05, 3.63) is 60.2 Å². The van der Waals surface area contributed by atoms with Crippen LogP contribution in [0.25, 0.3) is 0 Å². The summed E-state index contributed by atoms with van der Waals surface area (Å²) in [6, 6.07) is 17.8. The van der Waals surface area contributed by atoms with Crippen LogP contribution in [0, 0.1) is 0 Å². The second-order valence-electron chi connectivity index (χ2n) is 8.49. The normalized spacial score (nSPS) is 23.1. The van der Waals surface area contributed by atoms with Gasteiger partial charge in [-0.05, 0) is 50.9 Å². The zero-order valence-electron chi connectivity index (χ0n) is 16.8. The number of nitrogens with zero attached hydrogens (tertiary/aromatic N) is 1. The zero-order chi connectivity index (χ0) is 19.9. The van der Waals surface area contributed by atoms with E-state index in [0.29, 0.717) is 6.54 Å². The third kappa shape index (κ3) is 3.54. The van der Waals surface area contributed by atoms with Gasteiger partial charge < -0.3 is 14.0 Å². The lowest BCUT2D eigenvalue weighted by molar-refractivity contribution is 0.00578. The molecule has 0 aromatic heterocycles. The monoisotopic (exact) mass is 379 g/mol. The van der Waals surface area contributed by atoms with Crippen molar-refractivity contribution in [3.8, 4) is 0 Å². The topological polar surface area (TPSA) is 48.0 Å². The average Bonchev–Trinajstić information content (AvgIpc) is 3.11. The third-order valence-corrected chi connectivity index (χ3v) is 5.91.